The number of benzene rings is 2. The molecule has 0 saturated carbocycles. The highest BCUT2D eigenvalue weighted by atomic mass is 35.5. The van der Waals surface area contributed by atoms with Gasteiger partial charge in [-0.1, -0.05) is 23.7 Å². The van der Waals surface area contributed by atoms with Gasteiger partial charge in [-0.15, -0.1) is 0 Å². The molecule has 0 aromatic heterocycles. The summed E-state index contributed by atoms with van der Waals surface area (Å²) in [5, 5.41) is 15.1. The minimum atomic E-state index is -0.521. The predicted octanol–water partition coefficient (Wildman–Crippen LogP) is 2.78. The third-order valence-corrected chi connectivity index (χ3v) is 2.96. The number of hydrogen-bond donors (Lipinski definition) is 1. The Bertz CT molecular complexity index is 732. The molecule has 2 aromatic rings. The molecule has 0 bridgehead atoms. The van der Waals surface area contributed by atoms with E-state index in [-0.39, 0.29) is 17.9 Å². The lowest BCUT2D eigenvalue weighted by atomic mass is 10.2. The molecule has 2 rings (SSSR count). The molecule has 0 saturated heterocycles. The first-order valence-electron chi connectivity index (χ1n) is 6.50. The molecule has 0 radical (unpaired) electrons. The second kappa shape index (κ2) is 7.90. The van der Waals surface area contributed by atoms with Gasteiger partial charge < -0.3 is 4.74 Å². The third-order valence-electron chi connectivity index (χ3n) is 2.71. The first-order chi connectivity index (χ1) is 11.1. The van der Waals surface area contributed by atoms with Crippen molar-refractivity contribution in [2.45, 2.75) is 0 Å². The lowest BCUT2D eigenvalue weighted by Crippen LogP contribution is -2.24. The average molecular weight is 334 g/mol. The van der Waals surface area contributed by atoms with Crippen LogP contribution in [0.1, 0.15) is 5.56 Å². The standard InChI is InChI=1S/C15H12ClN3O4/c16-12-5-7-13(8-6-12)23-10-15(20)18-17-9-11-3-1-2-4-14(11)19(21)22/h1-9H,10H2,(H,18,20)/b17-9-. The van der Waals surface area contributed by atoms with Crippen molar-refractivity contribution in [1.82, 2.24) is 5.43 Å². The smallest absolute Gasteiger partial charge is 0.278 e. The van der Waals surface area contributed by atoms with E-state index >= 15 is 0 Å². The van der Waals surface area contributed by atoms with Crippen molar-refractivity contribution in [3.05, 3.63) is 69.2 Å². The lowest BCUT2D eigenvalue weighted by molar-refractivity contribution is -0.385. The Kier molecular flexibility index (Phi) is 5.65. The van der Waals surface area contributed by atoms with Crippen molar-refractivity contribution in [3.8, 4) is 5.75 Å². The van der Waals surface area contributed by atoms with Crippen LogP contribution in [-0.2, 0) is 4.79 Å². The van der Waals surface area contributed by atoms with Gasteiger partial charge in [0.05, 0.1) is 16.7 Å². The number of hydrazone groups is 1. The van der Waals surface area contributed by atoms with Gasteiger partial charge in [0.2, 0.25) is 0 Å². The summed E-state index contributed by atoms with van der Waals surface area (Å²) < 4.78 is 5.23. The molecule has 8 heteroatoms. The molecule has 0 fully saturated rings. The number of amides is 1. The number of ether oxygens (including phenoxy) is 1. The summed E-state index contributed by atoms with van der Waals surface area (Å²) in [5.41, 5.74) is 2.43. The fourth-order valence-corrected chi connectivity index (χ4v) is 1.77. The molecular weight excluding hydrogens is 322 g/mol. The van der Waals surface area contributed by atoms with Crippen molar-refractivity contribution in [2.75, 3.05) is 6.61 Å². The van der Waals surface area contributed by atoms with Gasteiger partial charge in [0.1, 0.15) is 5.75 Å². The van der Waals surface area contributed by atoms with E-state index in [4.69, 9.17) is 16.3 Å². The number of nitrogens with zero attached hydrogens (tertiary/aromatic N) is 2. The van der Waals surface area contributed by atoms with Crippen LogP contribution in [0.15, 0.2) is 53.6 Å². The fraction of sp³-hybridized carbons (Fsp3) is 0.0667. The highest BCUT2D eigenvalue weighted by Crippen LogP contribution is 2.16. The van der Waals surface area contributed by atoms with Gasteiger partial charge in [-0.3, -0.25) is 14.9 Å². The van der Waals surface area contributed by atoms with Gasteiger partial charge in [-0.2, -0.15) is 5.10 Å². The van der Waals surface area contributed by atoms with Crippen molar-refractivity contribution in [2.24, 2.45) is 5.10 Å². The minimum Gasteiger partial charge on any atom is -0.484 e. The zero-order chi connectivity index (χ0) is 16.7. The molecule has 0 aliphatic rings. The van der Waals surface area contributed by atoms with Crippen LogP contribution in [0.2, 0.25) is 5.02 Å². The summed E-state index contributed by atoms with van der Waals surface area (Å²) in [6.45, 7) is -0.240. The number of carbonyl (C=O) groups is 1. The van der Waals surface area contributed by atoms with Gasteiger partial charge in [0.15, 0.2) is 6.61 Å². The highest BCUT2D eigenvalue weighted by Gasteiger charge is 2.10. The Labute approximate surface area is 136 Å². The van der Waals surface area contributed by atoms with Gasteiger partial charge in [0.25, 0.3) is 11.6 Å². The van der Waals surface area contributed by atoms with E-state index in [0.717, 1.165) is 0 Å². The van der Waals surface area contributed by atoms with E-state index in [0.29, 0.717) is 10.8 Å². The molecule has 7 nitrogen and oxygen atoms in total. The van der Waals surface area contributed by atoms with Crippen LogP contribution in [0.5, 0.6) is 5.75 Å². The van der Waals surface area contributed by atoms with Crippen molar-refractivity contribution >= 4 is 29.4 Å². The molecule has 2 aromatic carbocycles. The molecular formula is C15H12ClN3O4. The van der Waals surface area contributed by atoms with E-state index in [1.54, 1.807) is 36.4 Å². The minimum absolute atomic E-state index is 0.0945. The molecule has 0 unspecified atom stereocenters. The normalized spacial score (nSPS) is 10.5. The van der Waals surface area contributed by atoms with Crippen LogP contribution in [0, 0.1) is 10.1 Å². The molecule has 0 spiro atoms. The average Bonchev–Trinajstić information content (AvgIpc) is 2.54. The van der Waals surface area contributed by atoms with Crippen molar-refractivity contribution in [1.29, 1.82) is 0 Å². The Morgan fingerprint density at radius 2 is 1.96 bits per heavy atom. The molecule has 0 aliphatic carbocycles. The molecule has 0 heterocycles. The van der Waals surface area contributed by atoms with E-state index in [1.165, 1.54) is 18.3 Å². The van der Waals surface area contributed by atoms with E-state index in [1.807, 2.05) is 0 Å². The summed E-state index contributed by atoms with van der Waals surface area (Å²) in [6, 6.07) is 12.6. The first-order valence-corrected chi connectivity index (χ1v) is 6.88. The fourth-order valence-electron chi connectivity index (χ4n) is 1.65. The summed E-state index contributed by atoms with van der Waals surface area (Å²) in [4.78, 5) is 21.9. The number of para-hydroxylation sites is 1. The summed E-state index contributed by atoms with van der Waals surface area (Å²) in [6.07, 6.45) is 1.21. The second-order valence-corrected chi connectivity index (χ2v) is 4.79. The molecule has 1 amide bonds. The molecule has 118 valence electrons. The van der Waals surface area contributed by atoms with Gasteiger partial charge >= 0.3 is 0 Å². The highest BCUT2D eigenvalue weighted by molar-refractivity contribution is 6.30. The van der Waals surface area contributed by atoms with Gasteiger partial charge in [-0.25, -0.2) is 5.43 Å². The number of carbonyl (C=O) groups excluding carboxylic acids is 1. The zero-order valence-corrected chi connectivity index (χ0v) is 12.6. The van der Waals surface area contributed by atoms with Crippen molar-refractivity contribution in [3.63, 3.8) is 0 Å². The van der Waals surface area contributed by atoms with Crippen LogP contribution < -0.4 is 10.2 Å². The van der Waals surface area contributed by atoms with E-state index in [9.17, 15) is 14.9 Å². The topological polar surface area (TPSA) is 93.8 Å². The number of nitro groups is 1. The van der Waals surface area contributed by atoms with E-state index < -0.39 is 10.8 Å². The molecule has 0 atom stereocenters. The lowest BCUT2D eigenvalue weighted by Gasteiger charge is -2.04. The Balaban J connectivity index is 1.87. The Hall–Kier alpha value is -2.93. The van der Waals surface area contributed by atoms with Crippen molar-refractivity contribution < 1.29 is 14.5 Å². The number of nitrogens with one attached hydrogen (secondary N) is 1. The maximum Gasteiger partial charge on any atom is 0.278 e. The molecule has 1 N–H and O–H groups in total. The zero-order valence-electron chi connectivity index (χ0n) is 11.8. The first kappa shape index (κ1) is 16.4. The maximum atomic E-state index is 11.6. The van der Waals surface area contributed by atoms with Crippen LogP contribution in [-0.4, -0.2) is 23.7 Å². The number of rotatable bonds is 6. The number of hydrogen-bond acceptors (Lipinski definition) is 5. The SMILES string of the molecule is O=C(COc1ccc(Cl)cc1)N/N=C\c1ccccc1[N+](=O)[O-]. The Morgan fingerprint density at radius 3 is 2.65 bits per heavy atom. The summed E-state index contributed by atoms with van der Waals surface area (Å²) in [7, 11) is 0. The van der Waals surface area contributed by atoms with E-state index in [2.05, 4.69) is 10.5 Å². The predicted molar refractivity (Wildman–Crippen MR) is 85.8 cm³/mol. The second-order valence-electron chi connectivity index (χ2n) is 4.35. The quantitative estimate of drug-likeness (QED) is 0.499. The van der Waals surface area contributed by atoms with Gasteiger partial charge in [-0.05, 0) is 30.3 Å². The van der Waals surface area contributed by atoms with Crippen LogP contribution >= 0.6 is 11.6 Å². The summed E-state index contributed by atoms with van der Waals surface area (Å²) in [5.74, 6) is 0.00186. The number of halogens is 1. The van der Waals surface area contributed by atoms with Gasteiger partial charge in [0, 0.05) is 11.1 Å². The maximum absolute atomic E-state index is 11.6. The Morgan fingerprint density at radius 1 is 1.26 bits per heavy atom. The van der Waals surface area contributed by atoms with Crippen LogP contribution in [0.25, 0.3) is 0 Å². The van der Waals surface area contributed by atoms with Crippen LogP contribution in [0.3, 0.4) is 0 Å². The monoisotopic (exact) mass is 333 g/mol. The molecule has 23 heavy (non-hydrogen) atoms. The van der Waals surface area contributed by atoms with Crippen LogP contribution in [0.4, 0.5) is 5.69 Å². The molecule has 0 aliphatic heterocycles. The largest absolute Gasteiger partial charge is 0.484 e. The summed E-state index contributed by atoms with van der Waals surface area (Å²) >= 11 is 5.73. The number of nitro benzene ring substituents is 1. The third kappa shape index (κ3) is 5.08.